The molecule has 27 heavy (non-hydrogen) atoms. The number of carbonyl (C=O) groups excluding carboxylic acids is 2. The van der Waals surface area contributed by atoms with Crippen molar-refractivity contribution in [1.82, 2.24) is 0 Å². The summed E-state index contributed by atoms with van der Waals surface area (Å²) in [5.41, 5.74) is 2.78. The monoisotopic (exact) mass is 373 g/mol. The average Bonchev–Trinajstić information content (AvgIpc) is 2.63. The van der Waals surface area contributed by atoms with Crippen LogP contribution in [0.25, 0.3) is 0 Å². The van der Waals surface area contributed by atoms with Crippen LogP contribution in [0.15, 0.2) is 48.5 Å². The van der Waals surface area contributed by atoms with E-state index >= 15 is 0 Å². The highest BCUT2D eigenvalue weighted by atomic mass is 19.3. The van der Waals surface area contributed by atoms with Crippen LogP contribution in [0.4, 0.5) is 14.5 Å². The Morgan fingerprint density at radius 2 is 1.81 bits per heavy atom. The van der Waals surface area contributed by atoms with Crippen LogP contribution in [0.3, 0.4) is 0 Å². The average molecular weight is 373 g/mol. The Kier molecular flexibility index (Phi) is 5.37. The number of hydrogen-bond donors (Lipinski definition) is 1. The van der Waals surface area contributed by atoms with Crippen molar-refractivity contribution in [3.63, 3.8) is 0 Å². The van der Waals surface area contributed by atoms with E-state index in [9.17, 15) is 18.4 Å². The smallest absolute Gasteiger partial charge is 0.249 e. The maximum Gasteiger partial charge on any atom is 0.249 e. The molecule has 142 valence electrons. The SMILES string of the molecule is Cc1cccc(N(Cc2ccc(C(=O)CO)cc2)C(=O)C2CC(F)(F)C2)c1. The first-order valence-corrected chi connectivity index (χ1v) is 8.78. The fourth-order valence-corrected chi connectivity index (χ4v) is 3.22. The molecule has 0 saturated heterocycles. The van der Waals surface area contributed by atoms with Gasteiger partial charge in [-0.3, -0.25) is 9.59 Å². The maximum atomic E-state index is 13.2. The van der Waals surface area contributed by atoms with Gasteiger partial charge in [0.2, 0.25) is 11.8 Å². The van der Waals surface area contributed by atoms with Gasteiger partial charge in [-0.2, -0.15) is 0 Å². The molecule has 1 aliphatic carbocycles. The fourth-order valence-electron chi connectivity index (χ4n) is 3.22. The Morgan fingerprint density at radius 3 is 2.37 bits per heavy atom. The summed E-state index contributed by atoms with van der Waals surface area (Å²) >= 11 is 0. The summed E-state index contributed by atoms with van der Waals surface area (Å²) in [7, 11) is 0. The Morgan fingerprint density at radius 1 is 1.15 bits per heavy atom. The minimum Gasteiger partial charge on any atom is -0.388 e. The zero-order valence-corrected chi connectivity index (χ0v) is 15.0. The van der Waals surface area contributed by atoms with E-state index in [1.165, 1.54) is 4.90 Å². The molecule has 1 N–H and O–H groups in total. The summed E-state index contributed by atoms with van der Waals surface area (Å²) in [5, 5.41) is 8.92. The Balaban J connectivity index is 1.84. The summed E-state index contributed by atoms with van der Waals surface area (Å²) < 4.78 is 26.5. The summed E-state index contributed by atoms with van der Waals surface area (Å²) in [4.78, 5) is 25.9. The molecule has 0 bridgehead atoms. The lowest BCUT2D eigenvalue weighted by Crippen LogP contribution is -2.46. The van der Waals surface area contributed by atoms with E-state index in [2.05, 4.69) is 0 Å². The molecule has 0 unspecified atom stereocenters. The molecule has 0 radical (unpaired) electrons. The number of amides is 1. The molecule has 1 fully saturated rings. The van der Waals surface area contributed by atoms with E-state index in [-0.39, 0.29) is 18.2 Å². The van der Waals surface area contributed by atoms with E-state index in [1.54, 1.807) is 30.3 Å². The molecule has 4 nitrogen and oxygen atoms in total. The number of nitrogens with zero attached hydrogens (tertiary/aromatic N) is 1. The molecule has 6 heteroatoms. The summed E-state index contributed by atoms with van der Waals surface area (Å²) in [5.74, 6) is -4.15. The van der Waals surface area contributed by atoms with Gasteiger partial charge in [-0.15, -0.1) is 0 Å². The second-order valence-electron chi connectivity index (χ2n) is 7.00. The topological polar surface area (TPSA) is 57.6 Å². The van der Waals surface area contributed by atoms with Gasteiger partial charge in [0.15, 0.2) is 5.78 Å². The molecule has 2 aromatic carbocycles. The van der Waals surface area contributed by atoms with Crippen molar-refractivity contribution >= 4 is 17.4 Å². The maximum absolute atomic E-state index is 13.2. The van der Waals surface area contributed by atoms with E-state index in [4.69, 9.17) is 5.11 Å². The minimum atomic E-state index is -2.76. The minimum absolute atomic E-state index is 0.220. The van der Waals surface area contributed by atoms with Crippen molar-refractivity contribution in [1.29, 1.82) is 0 Å². The van der Waals surface area contributed by atoms with Crippen molar-refractivity contribution < 1.29 is 23.5 Å². The number of aliphatic hydroxyl groups is 1. The lowest BCUT2D eigenvalue weighted by Gasteiger charge is -2.37. The van der Waals surface area contributed by atoms with E-state index in [1.807, 2.05) is 25.1 Å². The quantitative estimate of drug-likeness (QED) is 0.785. The first-order valence-electron chi connectivity index (χ1n) is 8.78. The Labute approximate surface area is 156 Å². The third kappa shape index (κ3) is 4.39. The van der Waals surface area contributed by atoms with Gasteiger partial charge in [0.25, 0.3) is 0 Å². The van der Waals surface area contributed by atoms with Crippen LogP contribution < -0.4 is 4.90 Å². The van der Waals surface area contributed by atoms with Crippen molar-refractivity contribution in [3.05, 3.63) is 65.2 Å². The second-order valence-corrected chi connectivity index (χ2v) is 7.00. The molecule has 2 aromatic rings. The van der Waals surface area contributed by atoms with Crippen LogP contribution in [-0.4, -0.2) is 29.3 Å². The number of alkyl halides is 2. The van der Waals surface area contributed by atoms with E-state index in [0.29, 0.717) is 11.3 Å². The zero-order chi connectivity index (χ0) is 19.6. The van der Waals surface area contributed by atoms with Gasteiger partial charge in [-0.25, -0.2) is 8.78 Å². The highest BCUT2D eigenvalue weighted by Crippen LogP contribution is 2.43. The molecule has 0 atom stereocenters. The molecule has 0 aliphatic heterocycles. The van der Waals surface area contributed by atoms with Gasteiger partial charge in [-0.05, 0) is 30.2 Å². The molecule has 1 saturated carbocycles. The highest BCUT2D eigenvalue weighted by Gasteiger charge is 2.49. The van der Waals surface area contributed by atoms with Crippen molar-refractivity contribution in [2.24, 2.45) is 5.92 Å². The second kappa shape index (κ2) is 7.56. The molecule has 3 rings (SSSR count). The third-order valence-electron chi connectivity index (χ3n) is 4.78. The summed E-state index contributed by atoms with van der Waals surface area (Å²) in [6.45, 7) is 1.56. The van der Waals surface area contributed by atoms with Crippen molar-refractivity contribution in [2.75, 3.05) is 11.5 Å². The van der Waals surface area contributed by atoms with Crippen LogP contribution in [0.2, 0.25) is 0 Å². The highest BCUT2D eigenvalue weighted by molar-refractivity contribution is 5.97. The van der Waals surface area contributed by atoms with Gasteiger partial charge >= 0.3 is 0 Å². The zero-order valence-electron chi connectivity index (χ0n) is 15.0. The number of hydrogen-bond acceptors (Lipinski definition) is 3. The fraction of sp³-hybridized carbons (Fsp3) is 0.333. The van der Waals surface area contributed by atoms with E-state index < -0.39 is 31.3 Å². The number of carbonyl (C=O) groups is 2. The van der Waals surface area contributed by atoms with Gasteiger partial charge in [0.1, 0.15) is 6.61 Å². The lowest BCUT2D eigenvalue weighted by molar-refractivity contribution is -0.147. The van der Waals surface area contributed by atoms with Gasteiger partial charge in [0.05, 0.1) is 6.54 Å². The van der Waals surface area contributed by atoms with Crippen LogP contribution in [0, 0.1) is 12.8 Å². The standard InChI is InChI=1S/C21H21F2NO3/c1-14-3-2-4-18(9-14)24(20(27)17-10-21(22,23)11-17)12-15-5-7-16(8-6-15)19(26)13-25/h2-9,17,25H,10-13H2,1H3. The molecule has 0 spiro atoms. The number of anilines is 1. The molecular formula is C21H21F2NO3. The number of halogens is 2. The number of rotatable bonds is 6. The van der Waals surface area contributed by atoms with Gasteiger partial charge in [-0.1, -0.05) is 36.4 Å². The first kappa shape index (κ1) is 19.2. The van der Waals surface area contributed by atoms with Gasteiger partial charge in [0, 0.05) is 30.0 Å². The van der Waals surface area contributed by atoms with E-state index in [0.717, 1.165) is 11.1 Å². The summed E-state index contributed by atoms with van der Waals surface area (Å²) in [6.07, 6.45) is -0.837. The Bertz CT molecular complexity index is 841. The number of ketones is 1. The van der Waals surface area contributed by atoms with Gasteiger partial charge < -0.3 is 10.0 Å². The van der Waals surface area contributed by atoms with Crippen molar-refractivity contribution in [2.45, 2.75) is 32.2 Å². The number of benzene rings is 2. The van der Waals surface area contributed by atoms with Crippen molar-refractivity contribution in [3.8, 4) is 0 Å². The first-order chi connectivity index (χ1) is 12.8. The number of aliphatic hydroxyl groups excluding tert-OH is 1. The predicted octanol–water partition coefficient (Wildman–Crippen LogP) is 3.75. The Hall–Kier alpha value is -2.60. The predicted molar refractivity (Wildman–Crippen MR) is 97.9 cm³/mol. The number of Topliss-reactive ketones (excluding diaryl/α,β-unsaturated/α-hetero) is 1. The largest absolute Gasteiger partial charge is 0.388 e. The normalized spacial score (nSPS) is 15.9. The summed E-state index contributed by atoms with van der Waals surface area (Å²) in [6, 6.07) is 13.9. The molecule has 0 aromatic heterocycles. The van der Waals surface area contributed by atoms with Crippen LogP contribution in [-0.2, 0) is 11.3 Å². The third-order valence-corrected chi connectivity index (χ3v) is 4.78. The van der Waals surface area contributed by atoms with Crippen LogP contribution in [0.5, 0.6) is 0 Å². The number of aryl methyl sites for hydroxylation is 1. The molecular weight excluding hydrogens is 352 g/mol. The lowest BCUT2D eigenvalue weighted by atomic mass is 9.80. The molecule has 0 heterocycles. The molecule has 1 amide bonds. The molecule has 1 aliphatic rings. The van der Waals surface area contributed by atoms with Crippen LogP contribution in [0.1, 0.15) is 34.3 Å². The van der Waals surface area contributed by atoms with Crippen LogP contribution >= 0.6 is 0 Å².